The number of aromatic nitrogens is 5. The van der Waals surface area contributed by atoms with Gasteiger partial charge in [-0.1, -0.05) is 49.0 Å². The first-order valence-corrected chi connectivity index (χ1v) is 10.9. The molecule has 0 atom stereocenters. The highest BCUT2D eigenvalue weighted by molar-refractivity contribution is 7.98. The predicted molar refractivity (Wildman–Crippen MR) is 112 cm³/mol. The Hall–Kier alpha value is -2.39. The standard InChI is InChI=1S/C20H26N6O2S/c1-14(2)12-18-21-17(24-28-18)13-29-20-23-22-19(25-8-10-27-11-9-25)26(20)16-7-5-4-6-15(16)3/h4-7,14H,8-13H2,1-3H3. The molecule has 0 radical (unpaired) electrons. The van der Waals surface area contributed by atoms with Crippen LogP contribution < -0.4 is 4.90 Å². The lowest BCUT2D eigenvalue weighted by molar-refractivity contribution is 0.122. The van der Waals surface area contributed by atoms with Crippen LogP contribution in [0.3, 0.4) is 0 Å². The van der Waals surface area contributed by atoms with Gasteiger partial charge in [-0.05, 0) is 24.5 Å². The van der Waals surface area contributed by atoms with Crippen LogP contribution in [0.25, 0.3) is 5.69 Å². The summed E-state index contributed by atoms with van der Waals surface area (Å²) in [7, 11) is 0. The SMILES string of the molecule is Cc1ccccc1-n1c(SCc2noc(CC(C)C)n2)nnc1N1CCOCC1. The number of ether oxygens (including phenoxy) is 1. The van der Waals surface area contributed by atoms with Gasteiger partial charge in [0.05, 0.1) is 24.7 Å². The number of thioether (sulfide) groups is 1. The molecule has 1 saturated heterocycles. The maximum absolute atomic E-state index is 5.50. The highest BCUT2D eigenvalue weighted by atomic mass is 32.2. The Morgan fingerprint density at radius 2 is 1.93 bits per heavy atom. The summed E-state index contributed by atoms with van der Waals surface area (Å²) in [6, 6.07) is 8.28. The average molecular weight is 415 g/mol. The molecular weight excluding hydrogens is 388 g/mol. The van der Waals surface area contributed by atoms with Crippen LogP contribution in [0.4, 0.5) is 5.95 Å². The van der Waals surface area contributed by atoms with E-state index in [1.54, 1.807) is 11.8 Å². The van der Waals surface area contributed by atoms with Crippen molar-refractivity contribution in [3.8, 4) is 5.69 Å². The summed E-state index contributed by atoms with van der Waals surface area (Å²) in [5.41, 5.74) is 2.25. The van der Waals surface area contributed by atoms with Crippen molar-refractivity contribution in [1.29, 1.82) is 0 Å². The minimum absolute atomic E-state index is 0.483. The molecule has 1 aliphatic heterocycles. The lowest BCUT2D eigenvalue weighted by Gasteiger charge is -2.28. The van der Waals surface area contributed by atoms with E-state index >= 15 is 0 Å². The Morgan fingerprint density at radius 1 is 1.14 bits per heavy atom. The number of rotatable bonds is 7. The molecule has 0 bridgehead atoms. The van der Waals surface area contributed by atoms with Crippen molar-refractivity contribution in [3.05, 3.63) is 41.5 Å². The van der Waals surface area contributed by atoms with Gasteiger partial charge in [0, 0.05) is 19.5 Å². The fourth-order valence-electron chi connectivity index (χ4n) is 3.26. The Morgan fingerprint density at radius 3 is 2.69 bits per heavy atom. The average Bonchev–Trinajstić information content (AvgIpc) is 3.34. The number of anilines is 1. The molecule has 8 nitrogen and oxygen atoms in total. The number of para-hydroxylation sites is 1. The fourth-order valence-corrected chi connectivity index (χ4v) is 4.04. The van der Waals surface area contributed by atoms with E-state index in [2.05, 4.69) is 62.7 Å². The van der Waals surface area contributed by atoms with Gasteiger partial charge in [-0.3, -0.25) is 4.57 Å². The van der Waals surface area contributed by atoms with Crippen molar-refractivity contribution in [3.63, 3.8) is 0 Å². The van der Waals surface area contributed by atoms with Crippen LogP contribution in [0.1, 0.15) is 31.1 Å². The third-order valence-corrected chi connectivity index (χ3v) is 5.61. The normalized spacial score (nSPS) is 14.7. The third kappa shape index (κ3) is 4.62. The highest BCUT2D eigenvalue weighted by Gasteiger charge is 2.23. The molecule has 1 fully saturated rings. The van der Waals surface area contributed by atoms with Crippen molar-refractivity contribution in [2.75, 3.05) is 31.2 Å². The number of hydrogen-bond donors (Lipinski definition) is 0. The maximum atomic E-state index is 5.50. The van der Waals surface area contributed by atoms with Crippen molar-refractivity contribution < 1.29 is 9.26 Å². The number of benzene rings is 1. The number of aryl methyl sites for hydroxylation is 1. The van der Waals surface area contributed by atoms with Crippen LogP contribution in [0, 0.1) is 12.8 Å². The first-order valence-electron chi connectivity index (χ1n) is 9.90. The summed E-state index contributed by atoms with van der Waals surface area (Å²) >= 11 is 1.57. The zero-order chi connectivity index (χ0) is 20.2. The molecule has 0 aliphatic carbocycles. The summed E-state index contributed by atoms with van der Waals surface area (Å²) in [5.74, 6) is 3.27. The van der Waals surface area contributed by atoms with Gasteiger partial charge in [0.25, 0.3) is 0 Å². The quantitative estimate of drug-likeness (QED) is 0.545. The largest absolute Gasteiger partial charge is 0.378 e. The lowest BCUT2D eigenvalue weighted by atomic mass is 10.1. The van der Waals surface area contributed by atoms with Crippen LogP contribution in [-0.2, 0) is 16.9 Å². The van der Waals surface area contributed by atoms with Crippen molar-refractivity contribution in [1.82, 2.24) is 24.9 Å². The highest BCUT2D eigenvalue weighted by Crippen LogP contribution is 2.30. The molecule has 2 aromatic heterocycles. The van der Waals surface area contributed by atoms with Gasteiger partial charge in [0.2, 0.25) is 11.8 Å². The van der Waals surface area contributed by atoms with E-state index < -0.39 is 0 Å². The van der Waals surface area contributed by atoms with E-state index in [1.807, 2.05) is 12.1 Å². The van der Waals surface area contributed by atoms with E-state index in [0.717, 1.165) is 36.3 Å². The lowest BCUT2D eigenvalue weighted by Crippen LogP contribution is -2.38. The molecule has 0 unspecified atom stereocenters. The summed E-state index contributed by atoms with van der Waals surface area (Å²) < 4.78 is 13.0. The van der Waals surface area contributed by atoms with Crippen LogP contribution in [0.2, 0.25) is 0 Å². The Bertz CT molecular complexity index is 948. The van der Waals surface area contributed by atoms with E-state index in [-0.39, 0.29) is 0 Å². The molecule has 0 N–H and O–H groups in total. The van der Waals surface area contributed by atoms with Gasteiger partial charge in [-0.2, -0.15) is 4.98 Å². The molecule has 4 rings (SSSR count). The van der Waals surface area contributed by atoms with E-state index in [1.165, 1.54) is 5.56 Å². The number of morpholine rings is 1. The molecule has 29 heavy (non-hydrogen) atoms. The summed E-state index contributed by atoms with van der Waals surface area (Å²) in [4.78, 5) is 6.72. The molecule has 1 aliphatic rings. The molecule has 3 heterocycles. The molecule has 0 amide bonds. The van der Waals surface area contributed by atoms with Crippen molar-refractivity contribution in [2.45, 2.75) is 38.1 Å². The summed E-state index contributed by atoms with van der Waals surface area (Å²) in [6.45, 7) is 9.38. The third-order valence-electron chi connectivity index (χ3n) is 4.69. The topological polar surface area (TPSA) is 82.1 Å². The van der Waals surface area contributed by atoms with Gasteiger partial charge < -0.3 is 14.2 Å². The van der Waals surface area contributed by atoms with Crippen LogP contribution in [0.15, 0.2) is 33.9 Å². The zero-order valence-corrected chi connectivity index (χ0v) is 17.9. The second kappa shape index (κ2) is 8.96. The Kier molecular flexibility index (Phi) is 6.15. The predicted octanol–water partition coefficient (Wildman–Crippen LogP) is 3.29. The first-order chi connectivity index (χ1) is 14.1. The molecule has 0 spiro atoms. The second-order valence-electron chi connectivity index (χ2n) is 7.49. The smallest absolute Gasteiger partial charge is 0.232 e. The molecule has 1 aromatic carbocycles. The van der Waals surface area contributed by atoms with Crippen LogP contribution in [-0.4, -0.2) is 51.2 Å². The van der Waals surface area contributed by atoms with Crippen LogP contribution >= 0.6 is 11.8 Å². The molecular formula is C20H26N6O2S. The van der Waals surface area contributed by atoms with Gasteiger partial charge >= 0.3 is 0 Å². The van der Waals surface area contributed by atoms with Crippen molar-refractivity contribution >= 4 is 17.7 Å². The van der Waals surface area contributed by atoms with Gasteiger partial charge in [-0.25, -0.2) is 0 Å². The van der Waals surface area contributed by atoms with E-state index in [4.69, 9.17) is 9.26 Å². The first kappa shape index (κ1) is 19.9. The minimum atomic E-state index is 0.483. The molecule has 9 heteroatoms. The fraction of sp³-hybridized carbons (Fsp3) is 0.500. The summed E-state index contributed by atoms with van der Waals surface area (Å²) in [6.07, 6.45) is 0.790. The van der Waals surface area contributed by atoms with Gasteiger partial charge in [0.1, 0.15) is 0 Å². The maximum Gasteiger partial charge on any atom is 0.232 e. The van der Waals surface area contributed by atoms with E-state index in [9.17, 15) is 0 Å². The number of nitrogens with zero attached hydrogens (tertiary/aromatic N) is 6. The Balaban J connectivity index is 1.60. The molecule has 3 aromatic rings. The van der Waals surface area contributed by atoms with Crippen LogP contribution in [0.5, 0.6) is 0 Å². The molecule has 154 valence electrons. The molecule has 0 saturated carbocycles. The van der Waals surface area contributed by atoms with E-state index in [0.29, 0.717) is 36.6 Å². The van der Waals surface area contributed by atoms with Gasteiger partial charge in [0.15, 0.2) is 11.0 Å². The second-order valence-corrected chi connectivity index (χ2v) is 8.44. The zero-order valence-electron chi connectivity index (χ0n) is 17.0. The van der Waals surface area contributed by atoms with Gasteiger partial charge in [-0.15, -0.1) is 10.2 Å². The minimum Gasteiger partial charge on any atom is -0.378 e. The monoisotopic (exact) mass is 414 g/mol. The number of hydrogen-bond acceptors (Lipinski definition) is 8. The summed E-state index contributed by atoms with van der Waals surface area (Å²) in [5, 5.41) is 13.9. The van der Waals surface area contributed by atoms with Crippen molar-refractivity contribution in [2.24, 2.45) is 5.92 Å². The Labute approximate surface area is 174 Å².